The molecule has 1 atom stereocenters. The molecule has 7 nitrogen and oxygen atoms in total. The smallest absolute Gasteiger partial charge is 0.257 e. The van der Waals surface area contributed by atoms with Gasteiger partial charge in [-0.3, -0.25) is 4.79 Å². The fourth-order valence-electron chi connectivity index (χ4n) is 3.91. The predicted molar refractivity (Wildman–Crippen MR) is 118 cm³/mol. The summed E-state index contributed by atoms with van der Waals surface area (Å²) in [7, 11) is 0. The second kappa shape index (κ2) is 7.65. The molecule has 2 aromatic heterocycles. The predicted octanol–water partition coefficient (Wildman–Crippen LogP) is 4.22. The molecule has 1 fully saturated rings. The van der Waals surface area contributed by atoms with Crippen LogP contribution in [-0.4, -0.2) is 31.6 Å². The van der Waals surface area contributed by atoms with E-state index in [1.54, 1.807) is 19.1 Å². The Kier molecular flexibility index (Phi) is 4.81. The molecule has 0 radical (unpaired) electrons. The second-order valence-corrected chi connectivity index (χ2v) is 8.46. The van der Waals surface area contributed by atoms with Crippen LogP contribution in [0.25, 0.3) is 22.5 Å². The number of nitrogens with zero attached hydrogens (tertiary/aromatic N) is 4. The summed E-state index contributed by atoms with van der Waals surface area (Å²) in [6.45, 7) is 6.71. The number of hydrogen-bond donors (Lipinski definition) is 1. The van der Waals surface area contributed by atoms with Gasteiger partial charge in [-0.2, -0.15) is 4.98 Å². The van der Waals surface area contributed by atoms with Crippen LogP contribution < -0.4 is 5.32 Å². The highest BCUT2D eigenvalue weighted by atomic mass is 16.5. The van der Waals surface area contributed by atoms with E-state index < -0.39 is 0 Å². The molecular formula is C24H25N5O2. The Morgan fingerprint density at radius 3 is 2.58 bits per heavy atom. The van der Waals surface area contributed by atoms with Gasteiger partial charge in [0.05, 0.1) is 17.4 Å². The summed E-state index contributed by atoms with van der Waals surface area (Å²) >= 11 is 0. The van der Waals surface area contributed by atoms with E-state index in [4.69, 9.17) is 4.52 Å². The Labute approximate surface area is 180 Å². The lowest BCUT2D eigenvalue weighted by Gasteiger charge is -2.19. The minimum atomic E-state index is -0.0680. The minimum absolute atomic E-state index is 0.0680. The number of carbonyl (C=O) groups is 1. The van der Waals surface area contributed by atoms with Crippen molar-refractivity contribution in [1.82, 2.24) is 25.0 Å². The molecule has 0 aliphatic heterocycles. The number of nitrogens with one attached hydrogen (secondary N) is 1. The average molecular weight is 415 g/mol. The van der Waals surface area contributed by atoms with Crippen molar-refractivity contribution in [3.8, 4) is 11.5 Å². The average Bonchev–Trinajstić information content (AvgIpc) is 3.42. The number of benzene rings is 2. The van der Waals surface area contributed by atoms with E-state index in [0.717, 1.165) is 36.0 Å². The number of imidazole rings is 1. The van der Waals surface area contributed by atoms with Crippen molar-refractivity contribution in [1.29, 1.82) is 0 Å². The fourth-order valence-corrected chi connectivity index (χ4v) is 3.91. The first-order chi connectivity index (χ1) is 15.0. The molecule has 1 aliphatic rings. The molecule has 0 saturated heterocycles. The zero-order valence-corrected chi connectivity index (χ0v) is 17.9. The topological polar surface area (TPSA) is 85.8 Å². The van der Waals surface area contributed by atoms with Crippen LogP contribution in [0.15, 0.2) is 47.2 Å². The molecule has 1 N–H and O–H groups in total. The first-order valence-electron chi connectivity index (χ1n) is 10.6. The number of aryl methyl sites for hydroxylation is 3. The van der Waals surface area contributed by atoms with Crippen molar-refractivity contribution in [2.75, 3.05) is 0 Å². The van der Waals surface area contributed by atoms with E-state index in [-0.39, 0.29) is 11.9 Å². The molecule has 0 spiro atoms. The van der Waals surface area contributed by atoms with Crippen LogP contribution in [-0.2, 0) is 6.54 Å². The summed E-state index contributed by atoms with van der Waals surface area (Å²) in [4.78, 5) is 21.7. The second-order valence-electron chi connectivity index (χ2n) is 8.46. The van der Waals surface area contributed by atoms with Crippen LogP contribution in [0.4, 0.5) is 0 Å². The highest BCUT2D eigenvalue weighted by Crippen LogP contribution is 2.34. The van der Waals surface area contributed by atoms with Crippen molar-refractivity contribution < 1.29 is 9.32 Å². The summed E-state index contributed by atoms with van der Waals surface area (Å²) in [6, 6.07) is 11.6. The zero-order chi connectivity index (χ0) is 21.5. The van der Waals surface area contributed by atoms with Gasteiger partial charge in [-0.05, 0) is 87.1 Å². The van der Waals surface area contributed by atoms with Crippen molar-refractivity contribution in [3.63, 3.8) is 0 Å². The maximum absolute atomic E-state index is 12.9. The number of rotatable bonds is 6. The van der Waals surface area contributed by atoms with Crippen molar-refractivity contribution >= 4 is 16.9 Å². The van der Waals surface area contributed by atoms with E-state index in [1.807, 2.05) is 18.5 Å². The summed E-state index contributed by atoms with van der Waals surface area (Å²) in [5.74, 6) is 1.48. The molecule has 31 heavy (non-hydrogen) atoms. The normalized spacial score (nSPS) is 14.7. The Bertz CT molecular complexity index is 1250. The molecule has 4 aromatic rings. The molecule has 2 heterocycles. The molecule has 158 valence electrons. The van der Waals surface area contributed by atoms with Gasteiger partial charge in [-0.15, -0.1) is 0 Å². The first kappa shape index (κ1) is 19.5. The van der Waals surface area contributed by atoms with E-state index in [2.05, 4.69) is 51.0 Å². The quantitative estimate of drug-likeness (QED) is 0.510. The van der Waals surface area contributed by atoms with Gasteiger partial charge in [0.25, 0.3) is 11.8 Å². The number of aromatic nitrogens is 4. The van der Waals surface area contributed by atoms with E-state index in [9.17, 15) is 4.79 Å². The number of hydrogen-bond acceptors (Lipinski definition) is 5. The highest BCUT2D eigenvalue weighted by Gasteiger charge is 2.33. The Morgan fingerprint density at radius 2 is 1.90 bits per heavy atom. The lowest BCUT2D eigenvalue weighted by molar-refractivity contribution is 0.0927. The third kappa shape index (κ3) is 3.95. The molecule has 1 amide bonds. The van der Waals surface area contributed by atoms with Gasteiger partial charge in [0, 0.05) is 23.7 Å². The monoisotopic (exact) mass is 415 g/mol. The van der Waals surface area contributed by atoms with Gasteiger partial charge in [0.2, 0.25) is 0 Å². The van der Waals surface area contributed by atoms with Crippen LogP contribution in [0.5, 0.6) is 0 Å². The molecule has 1 aliphatic carbocycles. The standard InChI is InChI=1S/C24H25N5O2/c1-14-10-20-22(11-15(14)2)29(13-25-20)12-21(17-4-5-17)27-23(30)18-6-8-19(9-7-18)24-26-16(3)28-31-24/h6-11,13,17,21H,4-5,12H2,1-3H3,(H,27,30). The summed E-state index contributed by atoms with van der Waals surface area (Å²) in [5.41, 5.74) is 6.01. The van der Waals surface area contributed by atoms with Gasteiger partial charge in [0.15, 0.2) is 5.82 Å². The summed E-state index contributed by atoms with van der Waals surface area (Å²) in [6.07, 6.45) is 4.17. The lowest BCUT2D eigenvalue weighted by Crippen LogP contribution is -2.39. The van der Waals surface area contributed by atoms with Gasteiger partial charge in [-0.25, -0.2) is 4.98 Å². The summed E-state index contributed by atoms with van der Waals surface area (Å²) in [5, 5.41) is 7.06. The van der Waals surface area contributed by atoms with Crippen molar-refractivity contribution in [2.45, 2.75) is 46.2 Å². The largest absolute Gasteiger partial charge is 0.347 e. The lowest BCUT2D eigenvalue weighted by atomic mass is 10.1. The Hall–Kier alpha value is -3.48. The van der Waals surface area contributed by atoms with Crippen molar-refractivity contribution in [3.05, 3.63) is 65.2 Å². The molecule has 1 unspecified atom stereocenters. The molecule has 1 saturated carbocycles. The van der Waals surface area contributed by atoms with Gasteiger partial charge in [0.1, 0.15) is 0 Å². The third-order valence-electron chi connectivity index (χ3n) is 6.06. The molecule has 5 rings (SSSR count). The number of carbonyl (C=O) groups excluding carboxylic acids is 1. The Balaban J connectivity index is 1.33. The number of amides is 1. The van der Waals surface area contributed by atoms with E-state index in [0.29, 0.717) is 23.2 Å². The number of fused-ring (bicyclic) bond motifs is 1. The summed E-state index contributed by atoms with van der Waals surface area (Å²) < 4.78 is 7.35. The van der Waals surface area contributed by atoms with E-state index >= 15 is 0 Å². The van der Waals surface area contributed by atoms with Crippen LogP contribution in [0.3, 0.4) is 0 Å². The SMILES string of the molecule is Cc1noc(-c2ccc(C(=O)NC(Cn3cnc4cc(C)c(C)cc43)C3CC3)cc2)n1. The van der Waals surface area contributed by atoms with Gasteiger partial charge < -0.3 is 14.4 Å². The van der Waals surface area contributed by atoms with Crippen LogP contribution in [0.1, 0.15) is 40.2 Å². The van der Waals surface area contributed by atoms with Crippen molar-refractivity contribution in [2.24, 2.45) is 5.92 Å². The minimum Gasteiger partial charge on any atom is -0.347 e. The fraction of sp³-hybridized carbons (Fsp3) is 0.333. The van der Waals surface area contributed by atoms with E-state index in [1.165, 1.54) is 11.1 Å². The van der Waals surface area contributed by atoms with Gasteiger partial charge in [-0.1, -0.05) is 5.16 Å². The van der Waals surface area contributed by atoms with Crippen LogP contribution in [0, 0.1) is 26.7 Å². The molecule has 0 bridgehead atoms. The molecule has 7 heteroatoms. The van der Waals surface area contributed by atoms with Crippen LogP contribution in [0.2, 0.25) is 0 Å². The maximum Gasteiger partial charge on any atom is 0.257 e. The highest BCUT2D eigenvalue weighted by molar-refractivity contribution is 5.94. The van der Waals surface area contributed by atoms with Crippen LogP contribution >= 0.6 is 0 Å². The zero-order valence-electron chi connectivity index (χ0n) is 17.9. The first-order valence-corrected chi connectivity index (χ1v) is 10.6. The Morgan fingerprint density at radius 1 is 1.16 bits per heavy atom. The molecular weight excluding hydrogens is 390 g/mol. The maximum atomic E-state index is 12.9. The van der Waals surface area contributed by atoms with Gasteiger partial charge >= 0.3 is 0 Å². The third-order valence-corrected chi connectivity index (χ3v) is 6.06. The molecule has 2 aromatic carbocycles.